The zero-order valence-corrected chi connectivity index (χ0v) is 20.4. The number of nitrogens with zero attached hydrogens (tertiary/aromatic N) is 1. The van der Waals surface area contributed by atoms with E-state index in [4.69, 9.17) is 21.1 Å². The molecule has 3 aromatic rings. The number of halogens is 1. The molecule has 34 heavy (non-hydrogen) atoms. The molecular formula is C26H28ClN3O4. The van der Waals surface area contributed by atoms with Crippen LogP contribution in [0.3, 0.4) is 0 Å². The maximum Gasteiger partial charge on any atom is 0.412 e. The molecule has 0 radical (unpaired) electrons. The first-order chi connectivity index (χ1) is 16.2. The molecule has 0 unspecified atom stereocenters. The van der Waals surface area contributed by atoms with Crippen LogP contribution in [0.4, 0.5) is 16.2 Å². The first-order valence-corrected chi connectivity index (χ1v) is 11.3. The number of rotatable bonds is 7. The molecule has 2 N–H and O–H groups in total. The second kappa shape index (κ2) is 11.0. The SMILES string of the molecule is COc1ccc(/C=C/C(=O)Nc2cc(NC(=O)OC(C)(C)C)c3ccccc3c2CCCl)cn1. The summed E-state index contributed by atoms with van der Waals surface area (Å²) in [4.78, 5) is 29.3. The first kappa shape index (κ1) is 25.1. The van der Waals surface area contributed by atoms with Crippen molar-refractivity contribution in [2.75, 3.05) is 23.6 Å². The minimum absolute atomic E-state index is 0.329. The smallest absolute Gasteiger partial charge is 0.412 e. The van der Waals surface area contributed by atoms with Gasteiger partial charge in [0.15, 0.2) is 0 Å². The number of ether oxygens (including phenoxy) is 2. The highest BCUT2D eigenvalue weighted by Crippen LogP contribution is 2.34. The minimum atomic E-state index is -0.642. The third-order valence-corrected chi connectivity index (χ3v) is 4.98. The highest BCUT2D eigenvalue weighted by Gasteiger charge is 2.19. The topological polar surface area (TPSA) is 89.6 Å². The Labute approximate surface area is 204 Å². The molecule has 2 amide bonds. The molecule has 1 heterocycles. The van der Waals surface area contributed by atoms with Gasteiger partial charge in [-0.3, -0.25) is 10.1 Å². The van der Waals surface area contributed by atoms with Gasteiger partial charge in [0, 0.05) is 35.3 Å². The van der Waals surface area contributed by atoms with Crippen molar-refractivity contribution in [2.24, 2.45) is 0 Å². The van der Waals surface area contributed by atoms with Crippen LogP contribution in [0.5, 0.6) is 5.88 Å². The van der Waals surface area contributed by atoms with Gasteiger partial charge in [-0.25, -0.2) is 9.78 Å². The van der Waals surface area contributed by atoms with Crippen LogP contribution < -0.4 is 15.4 Å². The van der Waals surface area contributed by atoms with Gasteiger partial charge in [0.1, 0.15) is 5.60 Å². The van der Waals surface area contributed by atoms with Gasteiger partial charge in [-0.05, 0) is 61.9 Å². The second-order valence-electron chi connectivity index (χ2n) is 8.52. The Morgan fingerprint density at radius 1 is 1.06 bits per heavy atom. The molecule has 0 saturated carbocycles. The Hall–Kier alpha value is -3.58. The number of carbonyl (C=O) groups excluding carboxylic acids is 2. The second-order valence-corrected chi connectivity index (χ2v) is 8.90. The average molecular weight is 482 g/mol. The molecule has 3 rings (SSSR count). The number of aromatic nitrogens is 1. The van der Waals surface area contributed by atoms with E-state index in [1.54, 1.807) is 58.4 Å². The van der Waals surface area contributed by atoms with Crippen LogP contribution in [-0.4, -0.2) is 35.6 Å². The van der Waals surface area contributed by atoms with E-state index in [2.05, 4.69) is 15.6 Å². The van der Waals surface area contributed by atoms with Gasteiger partial charge in [0.2, 0.25) is 11.8 Å². The number of anilines is 2. The van der Waals surface area contributed by atoms with Crippen molar-refractivity contribution in [1.82, 2.24) is 4.98 Å². The summed E-state index contributed by atoms with van der Waals surface area (Å²) in [5.74, 6) is 0.539. The van der Waals surface area contributed by atoms with Crippen LogP contribution in [0.25, 0.3) is 16.8 Å². The lowest BCUT2D eigenvalue weighted by atomic mass is 9.98. The highest BCUT2D eigenvalue weighted by atomic mass is 35.5. The monoisotopic (exact) mass is 481 g/mol. The standard InChI is InChI=1S/C26H28ClN3O4/c1-26(2,3)34-25(32)30-22-15-21(20(13-14-27)18-7-5-6-8-19(18)22)29-23(31)11-9-17-10-12-24(33-4)28-16-17/h5-12,15-16H,13-14H2,1-4H3,(H,29,31)(H,30,32)/b11-9+. The number of carbonyl (C=O) groups is 2. The summed E-state index contributed by atoms with van der Waals surface area (Å²) in [7, 11) is 1.54. The van der Waals surface area contributed by atoms with E-state index in [1.807, 2.05) is 24.3 Å². The number of hydrogen-bond donors (Lipinski definition) is 2. The molecule has 7 nitrogen and oxygen atoms in total. The normalized spacial score (nSPS) is 11.4. The Morgan fingerprint density at radius 2 is 1.79 bits per heavy atom. The number of methoxy groups -OCH3 is 1. The van der Waals surface area contributed by atoms with Crippen molar-refractivity contribution in [3.63, 3.8) is 0 Å². The molecule has 0 atom stereocenters. The van der Waals surface area contributed by atoms with E-state index < -0.39 is 11.7 Å². The fourth-order valence-electron chi connectivity index (χ4n) is 3.39. The van der Waals surface area contributed by atoms with Crippen LogP contribution in [0, 0.1) is 0 Å². The molecule has 0 spiro atoms. The third kappa shape index (κ3) is 6.71. The third-order valence-electron chi connectivity index (χ3n) is 4.79. The predicted molar refractivity (Wildman–Crippen MR) is 137 cm³/mol. The number of nitrogens with one attached hydrogen (secondary N) is 2. The molecule has 2 aromatic carbocycles. The summed E-state index contributed by atoms with van der Waals surface area (Å²) >= 11 is 6.07. The molecule has 0 bridgehead atoms. The Morgan fingerprint density at radius 3 is 2.41 bits per heavy atom. The summed E-state index contributed by atoms with van der Waals surface area (Å²) in [5, 5.41) is 7.44. The summed E-state index contributed by atoms with van der Waals surface area (Å²) in [6, 6.07) is 12.9. The van der Waals surface area contributed by atoms with Gasteiger partial charge >= 0.3 is 6.09 Å². The van der Waals surface area contributed by atoms with Crippen LogP contribution in [0.2, 0.25) is 0 Å². The average Bonchev–Trinajstić information content (AvgIpc) is 2.79. The molecule has 0 fully saturated rings. The Balaban J connectivity index is 1.92. The van der Waals surface area contributed by atoms with Crippen molar-refractivity contribution >= 4 is 51.8 Å². The number of hydrogen-bond acceptors (Lipinski definition) is 5. The van der Waals surface area contributed by atoms with Crippen LogP contribution >= 0.6 is 11.6 Å². The lowest BCUT2D eigenvalue weighted by Crippen LogP contribution is -2.27. The number of pyridine rings is 1. The maximum absolute atomic E-state index is 12.7. The van der Waals surface area contributed by atoms with Gasteiger partial charge in [0.05, 0.1) is 12.8 Å². The van der Waals surface area contributed by atoms with Crippen LogP contribution in [-0.2, 0) is 16.0 Å². The number of fused-ring (bicyclic) bond motifs is 1. The van der Waals surface area contributed by atoms with E-state index in [-0.39, 0.29) is 5.91 Å². The maximum atomic E-state index is 12.7. The zero-order valence-electron chi connectivity index (χ0n) is 19.6. The molecule has 178 valence electrons. The van der Waals surface area contributed by atoms with Gasteiger partial charge < -0.3 is 14.8 Å². The minimum Gasteiger partial charge on any atom is -0.481 e. The summed E-state index contributed by atoms with van der Waals surface area (Å²) in [6.45, 7) is 5.39. The van der Waals surface area contributed by atoms with Gasteiger partial charge in [-0.2, -0.15) is 0 Å². The van der Waals surface area contributed by atoms with Crippen molar-refractivity contribution in [2.45, 2.75) is 32.8 Å². The Bertz CT molecular complexity index is 1200. The van der Waals surface area contributed by atoms with E-state index >= 15 is 0 Å². The number of amides is 2. The quantitative estimate of drug-likeness (QED) is 0.318. The summed E-state index contributed by atoms with van der Waals surface area (Å²) < 4.78 is 10.5. The Kier molecular flexibility index (Phi) is 8.12. The predicted octanol–water partition coefficient (Wildman–Crippen LogP) is 6.02. The number of alkyl halides is 1. The van der Waals surface area contributed by atoms with Crippen molar-refractivity contribution in [1.29, 1.82) is 0 Å². The van der Waals surface area contributed by atoms with Gasteiger partial charge in [-0.15, -0.1) is 11.6 Å². The lowest BCUT2D eigenvalue weighted by Gasteiger charge is -2.21. The summed E-state index contributed by atoms with van der Waals surface area (Å²) in [5.41, 5.74) is 2.09. The number of benzene rings is 2. The molecule has 1 aromatic heterocycles. The molecule has 0 saturated heterocycles. The van der Waals surface area contributed by atoms with Crippen LogP contribution in [0.1, 0.15) is 31.9 Å². The fraction of sp³-hybridized carbons (Fsp3) is 0.269. The van der Waals surface area contributed by atoms with Gasteiger partial charge in [0.25, 0.3) is 0 Å². The largest absolute Gasteiger partial charge is 0.481 e. The van der Waals surface area contributed by atoms with E-state index in [0.29, 0.717) is 29.6 Å². The molecule has 0 aliphatic rings. The lowest BCUT2D eigenvalue weighted by molar-refractivity contribution is -0.111. The first-order valence-electron chi connectivity index (χ1n) is 10.8. The van der Waals surface area contributed by atoms with E-state index in [1.165, 1.54) is 6.08 Å². The van der Waals surface area contributed by atoms with E-state index in [9.17, 15) is 9.59 Å². The molecule has 0 aliphatic carbocycles. The van der Waals surface area contributed by atoms with Gasteiger partial charge in [-0.1, -0.05) is 24.3 Å². The van der Waals surface area contributed by atoms with Crippen LogP contribution in [0.15, 0.2) is 54.7 Å². The number of aryl methyl sites for hydroxylation is 1. The highest BCUT2D eigenvalue weighted by molar-refractivity contribution is 6.18. The van der Waals surface area contributed by atoms with Crippen molar-refractivity contribution in [3.05, 3.63) is 65.9 Å². The molecular weight excluding hydrogens is 454 g/mol. The molecule has 0 aliphatic heterocycles. The summed E-state index contributed by atoms with van der Waals surface area (Å²) in [6.07, 6.45) is 4.65. The fourth-order valence-corrected chi connectivity index (χ4v) is 3.57. The van der Waals surface area contributed by atoms with E-state index in [0.717, 1.165) is 21.9 Å². The molecule has 8 heteroatoms. The van der Waals surface area contributed by atoms with Crippen molar-refractivity contribution < 1.29 is 19.1 Å². The van der Waals surface area contributed by atoms with Crippen molar-refractivity contribution in [3.8, 4) is 5.88 Å². The zero-order chi connectivity index (χ0) is 24.7.